The Morgan fingerprint density at radius 2 is 2.40 bits per heavy atom. The van der Waals surface area contributed by atoms with Gasteiger partial charge in [0.05, 0.1) is 19.3 Å². The molecule has 20 heavy (non-hydrogen) atoms. The van der Waals surface area contributed by atoms with Gasteiger partial charge in [-0.3, -0.25) is 9.69 Å². The first kappa shape index (κ1) is 15.3. The third-order valence-corrected chi connectivity index (χ3v) is 3.80. The van der Waals surface area contributed by atoms with E-state index in [9.17, 15) is 4.79 Å². The summed E-state index contributed by atoms with van der Waals surface area (Å²) in [6.07, 6.45) is 0.0180. The molecule has 0 aromatic heterocycles. The number of amides is 1. The maximum Gasteiger partial charge on any atom is 0.238 e. The Balaban J connectivity index is 1.90. The molecule has 1 fully saturated rings. The molecule has 1 aliphatic rings. The van der Waals surface area contributed by atoms with Crippen molar-refractivity contribution in [2.75, 3.05) is 38.1 Å². The molecular formula is C14H20ClN3O2. The van der Waals surface area contributed by atoms with Crippen molar-refractivity contribution in [3.8, 4) is 0 Å². The second-order valence-corrected chi connectivity index (χ2v) is 5.33. The van der Waals surface area contributed by atoms with Crippen LogP contribution >= 0.6 is 11.6 Å². The zero-order chi connectivity index (χ0) is 14.5. The fraction of sp³-hybridized carbons (Fsp3) is 0.500. The second-order valence-electron chi connectivity index (χ2n) is 4.92. The molecule has 110 valence electrons. The minimum atomic E-state index is -0.0481. The molecule has 1 unspecified atom stereocenters. The lowest BCUT2D eigenvalue weighted by Gasteiger charge is -2.31. The monoisotopic (exact) mass is 297 g/mol. The summed E-state index contributed by atoms with van der Waals surface area (Å²) in [4.78, 5) is 14.1. The van der Waals surface area contributed by atoms with Gasteiger partial charge in [-0.1, -0.05) is 17.7 Å². The van der Waals surface area contributed by atoms with Gasteiger partial charge >= 0.3 is 0 Å². The topological polar surface area (TPSA) is 67.6 Å². The Bertz CT molecular complexity index is 481. The molecule has 1 atom stereocenters. The van der Waals surface area contributed by atoms with E-state index in [1.807, 2.05) is 19.1 Å². The molecule has 1 saturated heterocycles. The minimum absolute atomic E-state index is 0.0180. The molecule has 2 rings (SSSR count). The highest BCUT2D eigenvalue weighted by atomic mass is 35.5. The molecule has 1 amide bonds. The lowest BCUT2D eigenvalue weighted by Crippen LogP contribution is -2.48. The molecule has 1 aliphatic heterocycles. The zero-order valence-electron chi connectivity index (χ0n) is 11.6. The SMILES string of the molecule is Cc1c(Cl)cccc1NC(=O)CN1CCOC(CN)C1. The van der Waals surface area contributed by atoms with Crippen LogP contribution in [0.1, 0.15) is 5.56 Å². The minimum Gasteiger partial charge on any atom is -0.374 e. The number of carbonyl (C=O) groups is 1. The predicted molar refractivity (Wildman–Crippen MR) is 80.1 cm³/mol. The first-order valence-corrected chi connectivity index (χ1v) is 7.07. The largest absolute Gasteiger partial charge is 0.374 e. The maximum absolute atomic E-state index is 12.1. The van der Waals surface area contributed by atoms with Crippen LogP contribution in [0, 0.1) is 6.92 Å². The molecule has 6 heteroatoms. The molecule has 5 nitrogen and oxygen atoms in total. The number of hydrogen-bond acceptors (Lipinski definition) is 4. The second kappa shape index (κ2) is 7.04. The summed E-state index contributed by atoms with van der Waals surface area (Å²) in [7, 11) is 0. The van der Waals surface area contributed by atoms with E-state index in [2.05, 4.69) is 10.2 Å². The van der Waals surface area contributed by atoms with Crippen molar-refractivity contribution in [3.05, 3.63) is 28.8 Å². The van der Waals surface area contributed by atoms with Crippen LogP contribution in [-0.2, 0) is 9.53 Å². The number of nitrogens with zero attached hydrogens (tertiary/aromatic N) is 1. The van der Waals surface area contributed by atoms with Crippen LogP contribution < -0.4 is 11.1 Å². The lowest BCUT2D eigenvalue weighted by atomic mass is 10.2. The van der Waals surface area contributed by atoms with Crippen LogP contribution in [0.4, 0.5) is 5.69 Å². The van der Waals surface area contributed by atoms with Crippen LogP contribution in [0.2, 0.25) is 5.02 Å². The van der Waals surface area contributed by atoms with E-state index in [4.69, 9.17) is 22.1 Å². The summed E-state index contributed by atoms with van der Waals surface area (Å²) in [5.74, 6) is -0.0481. The number of ether oxygens (including phenoxy) is 1. The molecule has 0 spiro atoms. The van der Waals surface area contributed by atoms with Crippen molar-refractivity contribution in [1.29, 1.82) is 0 Å². The third kappa shape index (κ3) is 3.93. The molecule has 1 heterocycles. The summed E-state index contributed by atoms with van der Waals surface area (Å²) in [5.41, 5.74) is 7.22. The van der Waals surface area contributed by atoms with Crippen molar-refractivity contribution in [1.82, 2.24) is 4.90 Å². The molecule has 0 aliphatic carbocycles. The van der Waals surface area contributed by atoms with Gasteiger partial charge in [-0.05, 0) is 24.6 Å². The van der Waals surface area contributed by atoms with Crippen molar-refractivity contribution in [3.63, 3.8) is 0 Å². The first-order valence-electron chi connectivity index (χ1n) is 6.69. The molecular weight excluding hydrogens is 278 g/mol. The predicted octanol–water partition coefficient (Wildman–Crippen LogP) is 1.25. The number of carbonyl (C=O) groups excluding carboxylic acids is 1. The smallest absolute Gasteiger partial charge is 0.238 e. The number of anilines is 1. The van der Waals surface area contributed by atoms with Gasteiger partial charge in [0.25, 0.3) is 0 Å². The Kier molecular flexibility index (Phi) is 5.37. The third-order valence-electron chi connectivity index (χ3n) is 3.39. The number of nitrogens with one attached hydrogen (secondary N) is 1. The molecule has 1 aromatic carbocycles. The van der Waals surface area contributed by atoms with Crippen molar-refractivity contribution >= 4 is 23.2 Å². The molecule has 0 bridgehead atoms. The standard InChI is InChI=1S/C14H20ClN3O2/c1-10-12(15)3-2-4-13(10)17-14(19)9-18-5-6-20-11(7-16)8-18/h2-4,11H,5-9,16H2,1H3,(H,17,19). The van der Waals surface area contributed by atoms with E-state index in [-0.39, 0.29) is 12.0 Å². The van der Waals surface area contributed by atoms with Crippen molar-refractivity contribution < 1.29 is 9.53 Å². The lowest BCUT2D eigenvalue weighted by molar-refractivity contribution is -0.119. The summed E-state index contributed by atoms with van der Waals surface area (Å²) in [6.45, 7) is 4.76. The number of nitrogens with two attached hydrogens (primary N) is 1. The van der Waals surface area contributed by atoms with Crippen LogP contribution in [0.3, 0.4) is 0 Å². The van der Waals surface area contributed by atoms with E-state index in [1.165, 1.54) is 0 Å². The number of rotatable bonds is 4. The molecule has 0 saturated carbocycles. The maximum atomic E-state index is 12.1. The van der Waals surface area contributed by atoms with Gasteiger partial charge in [-0.2, -0.15) is 0 Å². The number of halogens is 1. The van der Waals surface area contributed by atoms with Gasteiger partial charge in [-0.15, -0.1) is 0 Å². The van der Waals surface area contributed by atoms with Crippen LogP contribution in [-0.4, -0.2) is 49.7 Å². The fourth-order valence-corrected chi connectivity index (χ4v) is 2.38. The van der Waals surface area contributed by atoms with Gasteiger partial charge in [0.2, 0.25) is 5.91 Å². The van der Waals surface area contributed by atoms with E-state index in [0.717, 1.165) is 17.8 Å². The summed E-state index contributed by atoms with van der Waals surface area (Å²) >= 11 is 6.03. The Hall–Kier alpha value is -1.14. The zero-order valence-corrected chi connectivity index (χ0v) is 12.3. The fourth-order valence-electron chi connectivity index (χ4n) is 2.20. The van der Waals surface area contributed by atoms with Gasteiger partial charge in [0, 0.05) is 30.3 Å². The Labute approximate surface area is 124 Å². The van der Waals surface area contributed by atoms with Crippen molar-refractivity contribution in [2.24, 2.45) is 5.73 Å². The molecule has 0 radical (unpaired) electrons. The average molecular weight is 298 g/mol. The van der Waals surface area contributed by atoms with Gasteiger partial charge in [0.1, 0.15) is 0 Å². The van der Waals surface area contributed by atoms with Gasteiger partial charge in [0.15, 0.2) is 0 Å². The Morgan fingerprint density at radius 3 is 3.15 bits per heavy atom. The molecule has 3 N–H and O–H groups in total. The van der Waals surface area contributed by atoms with Crippen molar-refractivity contribution in [2.45, 2.75) is 13.0 Å². The average Bonchev–Trinajstić information content (AvgIpc) is 2.44. The molecule has 1 aromatic rings. The number of benzene rings is 1. The number of morpholine rings is 1. The van der Waals surface area contributed by atoms with Crippen LogP contribution in [0.5, 0.6) is 0 Å². The summed E-state index contributed by atoms with van der Waals surface area (Å²) in [5, 5.41) is 3.54. The van der Waals surface area contributed by atoms with Gasteiger partial charge < -0.3 is 15.8 Å². The van der Waals surface area contributed by atoms with E-state index >= 15 is 0 Å². The van der Waals surface area contributed by atoms with Crippen LogP contribution in [0.15, 0.2) is 18.2 Å². The highest BCUT2D eigenvalue weighted by Crippen LogP contribution is 2.22. The summed E-state index contributed by atoms with van der Waals surface area (Å²) in [6, 6.07) is 5.48. The number of hydrogen-bond donors (Lipinski definition) is 2. The normalized spacial score (nSPS) is 19.9. The highest BCUT2D eigenvalue weighted by molar-refractivity contribution is 6.31. The quantitative estimate of drug-likeness (QED) is 0.878. The van der Waals surface area contributed by atoms with E-state index < -0.39 is 0 Å². The van der Waals surface area contributed by atoms with E-state index in [0.29, 0.717) is 31.3 Å². The summed E-state index contributed by atoms with van der Waals surface area (Å²) < 4.78 is 5.48. The van der Waals surface area contributed by atoms with E-state index in [1.54, 1.807) is 6.07 Å². The highest BCUT2D eigenvalue weighted by Gasteiger charge is 2.21. The van der Waals surface area contributed by atoms with Crippen LogP contribution in [0.25, 0.3) is 0 Å². The van der Waals surface area contributed by atoms with Gasteiger partial charge in [-0.25, -0.2) is 0 Å². The Morgan fingerprint density at radius 1 is 1.60 bits per heavy atom. The first-order chi connectivity index (χ1) is 9.60.